The van der Waals surface area contributed by atoms with E-state index in [0.29, 0.717) is 22.1 Å². The largest absolute Gasteiger partial charge is 0.324 e. The molecule has 0 aliphatic carbocycles. The highest BCUT2D eigenvalue weighted by molar-refractivity contribution is 6.30. The molecule has 27 heavy (non-hydrogen) atoms. The number of carbonyl (C=O) groups is 2. The predicted octanol–water partition coefficient (Wildman–Crippen LogP) is 3.26. The number of nitrogens with zero attached hydrogens (tertiary/aromatic N) is 3. The van der Waals surface area contributed by atoms with Crippen LogP contribution < -0.4 is 10.6 Å². The van der Waals surface area contributed by atoms with Crippen molar-refractivity contribution >= 4 is 35.1 Å². The lowest BCUT2D eigenvalue weighted by Gasteiger charge is -2.22. The molecule has 2 heterocycles. The van der Waals surface area contributed by atoms with Gasteiger partial charge in [0.15, 0.2) is 5.82 Å². The molecule has 0 bridgehead atoms. The lowest BCUT2D eigenvalue weighted by atomic mass is 10.1. The fraction of sp³-hybridized carbons (Fsp3) is 0.111. The van der Waals surface area contributed by atoms with Gasteiger partial charge in [0.2, 0.25) is 17.8 Å². The Bertz CT molecular complexity index is 1020. The summed E-state index contributed by atoms with van der Waals surface area (Å²) in [5.74, 6) is -0.628. The van der Waals surface area contributed by atoms with Gasteiger partial charge in [0.1, 0.15) is 11.9 Å². The van der Waals surface area contributed by atoms with E-state index in [1.54, 1.807) is 24.3 Å². The maximum Gasteiger partial charge on any atom is 0.249 e. The number of anilines is 2. The van der Waals surface area contributed by atoms with Crippen LogP contribution >= 0.6 is 11.6 Å². The summed E-state index contributed by atoms with van der Waals surface area (Å²) in [5, 5.41) is 10.2. The van der Waals surface area contributed by atoms with Crippen LogP contribution in [0.25, 0.3) is 11.4 Å². The van der Waals surface area contributed by atoms with E-state index in [9.17, 15) is 14.0 Å². The minimum absolute atomic E-state index is 0.0799. The van der Waals surface area contributed by atoms with E-state index < -0.39 is 17.8 Å². The van der Waals surface area contributed by atoms with Crippen molar-refractivity contribution < 1.29 is 14.0 Å². The van der Waals surface area contributed by atoms with E-state index in [4.69, 9.17) is 11.6 Å². The molecule has 0 unspecified atom stereocenters. The highest BCUT2D eigenvalue weighted by Gasteiger charge is 2.33. The second-order valence-corrected chi connectivity index (χ2v) is 6.41. The first-order valence-electron chi connectivity index (χ1n) is 8.08. The Morgan fingerprint density at radius 3 is 2.59 bits per heavy atom. The first-order valence-corrected chi connectivity index (χ1v) is 8.46. The molecule has 0 saturated heterocycles. The smallest absolute Gasteiger partial charge is 0.249 e. The van der Waals surface area contributed by atoms with Crippen molar-refractivity contribution in [3.05, 3.63) is 59.4 Å². The lowest BCUT2D eigenvalue weighted by molar-refractivity contribution is -0.125. The molecule has 0 spiro atoms. The molecule has 2 N–H and O–H groups in total. The molecule has 0 fully saturated rings. The predicted molar refractivity (Wildman–Crippen MR) is 97.8 cm³/mol. The number of fused-ring (bicyclic) bond motifs is 1. The van der Waals surface area contributed by atoms with E-state index in [1.807, 2.05) is 0 Å². The molecule has 3 aromatic rings. The summed E-state index contributed by atoms with van der Waals surface area (Å²) in [6.07, 6.45) is -0.0799. The fourth-order valence-electron chi connectivity index (χ4n) is 2.75. The Balaban J connectivity index is 1.63. The molecular weight excluding hydrogens is 373 g/mol. The van der Waals surface area contributed by atoms with Crippen LogP contribution in [0, 0.1) is 5.82 Å². The van der Waals surface area contributed by atoms with Crippen LogP contribution in [-0.4, -0.2) is 26.6 Å². The average Bonchev–Trinajstić information content (AvgIpc) is 3.07. The maximum absolute atomic E-state index is 13.0. The van der Waals surface area contributed by atoms with E-state index >= 15 is 0 Å². The maximum atomic E-state index is 13.0. The van der Waals surface area contributed by atoms with Crippen LogP contribution in [0.4, 0.5) is 16.0 Å². The van der Waals surface area contributed by atoms with E-state index in [1.165, 1.54) is 28.9 Å². The summed E-state index contributed by atoms with van der Waals surface area (Å²) in [4.78, 5) is 28.9. The number of rotatable bonds is 3. The third kappa shape index (κ3) is 3.52. The minimum Gasteiger partial charge on any atom is -0.324 e. The van der Waals surface area contributed by atoms with Crippen molar-refractivity contribution in [1.29, 1.82) is 0 Å². The van der Waals surface area contributed by atoms with Crippen molar-refractivity contribution in [2.75, 3.05) is 10.6 Å². The highest BCUT2D eigenvalue weighted by atomic mass is 35.5. The lowest BCUT2D eigenvalue weighted by Crippen LogP contribution is -2.36. The summed E-state index contributed by atoms with van der Waals surface area (Å²) in [7, 11) is 0. The molecule has 1 aliphatic rings. The monoisotopic (exact) mass is 385 g/mol. The number of benzene rings is 2. The summed E-state index contributed by atoms with van der Waals surface area (Å²) in [5.41, 5.74) is 1.13. The third-order valence-corrected chi connectivity index (χ3v) is 4.33. The van der Waals surface area contributed by atoms with Gasteiger partial charge in [0.25, 0.3) is 0 Å². The van der Waals surface area contributed by atoms with Crippen molar-refractivity contribution in [2.24, 2.45) is 0 Å². The number of hydrogen-bond acceptors (Lipinski definition) is 4. The number of aromatic nitrogens is 3. The van der Waals surface area contributed by atoms with E-state index in [-0.39, 0.29) is 18.3 Å². The Labute approximate surface area is 158 Å². The van der Waals surface area contributed by atoms with E-state index in [2.05, 4.69) is 20.7 Å². The molecule has 4 rings (SSSR count). The molecule has 1 atom stereocenters. The number of carbonyl (C=O) groups excluding carboxylic acids is 2. The fourth-order valence-corrected chi connectivity index (χ4v) is 2.87. The van der Waals surface area contributed by atoms with Gasteiger partial charge in [-0.2, -0.15) is 4.98 Å². The number of nitrogens with one attached hydrogen (secondary N) is 2. The van der Waals surface area contributed by atoms with Gasteiger partial charge >= 0.3 is 0 Å². The van der Waals surface area contributed by atoms with Crippen molar-refractivity contribution in [2.45, 2.75) is 12.5 Å². The number of halogens is 2. The first-order chi connectivity index (χ1) is 13.0. The van der Waals surface area contributed by atoms with E-state index in [0.717, 1.165) is 0 Å². The molecule has 7 nitrogen and oxygen atoms in total. The summed E-state index contributed by atoms with van der Waals surface area (Å²) in [6.45, 7) is 0. The van der Waals surface area contributed by atoms with Crippen molar-refractivity contribution in [3.63, 3.8) is 0 Å². The summed E-state index contributed by atoms with van der Waals surface area (Å²) in [6, 6.07) is 11.4. The SMILES string of the molecule is O=C1C[C@@H](C(=O)Nc2ccc(F)cc2)n2nc(-c3ccc(Cl)cc3)nc2N1. The zero-order valence-corrected chi connectivity index (χ0v) is 14.6. The Morgan fingerprint density at radius 1 is 1.19 bits per heavy atom. The van der Waals surface area contributed by atoms with Gasteiger partial charge in [-0.3, -0.25) is 14.9 Å². The van der Waals surface area contributed by atoms with Gasteiger partial charge in [0, 0.05) is 16.3 Å². The highest BCUT2D eigenvalue weighted by Crippen LogP contribution is 2.28. The molecular formula is C18H13ClFN5O2. The molecule has 2 aromatic carbocycles. The van der Waals surface area contributed by atoms with Gasteiger partial charge in [-0.25, -0.2) is 9.07 Å². The second-order valence-electron chi connectivity index (χ2n) is 5.97. The molecule has 0 saturated carbocycles. The normalized spacial score (nSPS) is 15.8. The van der Waals surface area contributed by atoms with Crippen LogP contribution in [0.2, 0.25) is 5.02 Å². The van der Waals surface area contributed by atoms with Gasteiger partial charge in [-0.15, -0.1) is 5.10 Å². The Kier molecular flexibility index (Phi) is 4.33. The summed E-state index contributed by atoms with van der Waals surface area (Å²) >= 11 is 5.89. The zero-order valence-electron chi connectivity index (χ0n) is 13.8. The van der Waals surface area contributed by atoms with Crippen LogP contribution in [0.5, 0.6) is 0 Å². The minimum atomic E-state index is -0.868. The molecule has 136 valence electrons. The number of hydrogen-bond donors (Lipinski definition) is 2. The van der Waals surface area contributed by atoms with Crippen molar-refractivity contribution in [1.82, 2.24) is 14.8 Å². The van der Waals surface area contributed by atoms with Gasteiger partial charge in [-0.05, 0) is 48.5 Å². The molecule has 2 amide bonds. The average molecular weight is 386 g/mol. The van der Waals surface area contributed by atoms with Crippen LogP contribution in [-0.2, 0) is 9.59 Å². The quantitative estimate of drug-likeness (QED) is 0.724. The Morgan fingerprint density at radius 2 is 1.89 bits per heavy atom. The van der Waals surface area contributed by atoms with Gasteiger partial charge in [0.05, 0.1) is 6.42 Å². The van der Waals surface area contributed by atoms with Gasteiger partial charge in [-0.1, -0.05) is 11.6 Å². The number of amides is 2. The first kappa shape index (κ1) is 17.2. The standard InChI is InChI=1S/C18H13ClFN5O2/c19-11-3-1-10(2-4-11)16-23-18-22-15(26)9-14(25(18)24-16)17(27)21-13-7-5-12(20)6-8-13/h1-8,14H,9H2,(H,21,27)(H,22,23,24,26)/t14-/m0/s1. The van der Waals surface area contributed by atoms with Crippen LogP contribution in [0.3, 0.4) is 0 Å². The Hall–Kier alpha value is -3.26. The molecule has 9 heteroatoms. The molecule has 1 aromatic heterocycles. The zero-order chi connectivity index (χ0) is 19.0. The van der Waals surface area contributed by atoms with Gasteiger partial charge < -0.3 is 5.32 Å². The second kappa shape index (κ2) is 6.81. The molecule has 0 radical (unpaired) electrons. The topological polar surface area (TPSA) is 88.9 Å². The van der Waals surface area contributed by atoms with Crippen molar-refractivity contribution in [3.8, 4) is 11.4 Å². The molecule has 1 aliphatic heterocycles. The van der Waals surface area contributed by atoms with Crippen LogP contribution in [0.1, 0.15) is 12.5 Å². The summed E-state index contributed by atoms with van der Waals surface area (Å²) < 4.78 is 14.4. The van der Waals surface area contributed by atoms with Crippen LogP contribution in [0.15, 0.2) is 48.5 Å². The third-order valence-electron chi connectivity index (χ3n) is 4.07.